The lowest BCUT2D eigenvalue weighted by Crippen LogP contribution is -2.46. The van der Waals surface area contributed by atoms with Crippen molar-refractivity contribution in [3.8, 4) is 5.75 Å². The Labute approximate surface area is 108 Å². The molecule has 4 heteroatoms. The molecule has 1 aliphatic rings. The Balaban J connectivity index is 2.12. The number of rotatable bonds is 2. The Morgan fingerprint density at radius 2 is 2.28 bits per heavy atom. The number of hydrogen-bond donors (Lipinski definition) is 2. The van der Waals surface area contributed by atoms with Crippen molar-refractivity contribution < 1.29 is 9.90 Å². The summed E-state index contributed by atoms with van der Waals surface area (Å²) in [6.45, 7) is 3.38. The molecule has 1 saturated heterocycles. The largest absolute Gasteiger partial charge is 0.508 e. The van der Waals surface area contributed by atoms with Crippen LogP contribution < -0.4 is 5.32 Å². The summed E-state index contributed by atoms with van der Waals surface area (Å²) in [6, 6.07) is 5.41. The topological polar surface area (TPSA) is 52.6 Å². The van der Waals surface area contributed by atoms with E-state index in [1.54, 1.807) is 25.1 Å². The molecule has 1 aromatic carbocycles. The molecule has 0 spiro atoms. The maximum atomic E-state index is 12.3. The number of carbonyl (C=O) groups is 1. The maximum absolute atomic E-state index is 12.3. The highest BCUT2D eigenvalue weighted by Crippen LogP contribution is 2.19. The van der Waals surface area contributed by atoms with Crippen LogP contribution in [0.1, 0.15) is 28.8 Å². The molecule has 2 N–H and O–H groups in total. The first kappa shape index (κ1) is 12.9. The molecule has 1 atom stereocenters. The van der Waals surface area contributed by atoms with Gasteiger partial charge in [0.15, 0.2) is 0 Å². The lowest BCUT2D eigenvalue weighted by molar-refractivity contribution is 0.0698. The highest BCUT2D eigenvalue weighted by atomic mass is 16.3. The summed E-state index contributed by atoms with van der Waals surface area (Å²) >= 11 is 0. The number of likely N-dealkylation sites (N-methyl/N-ethyl adjacent to an activating group) is 1. The van der Waals surface area contributed by atoms with Crippen LogP contribution in [0, 0.1) is 6.92 Å². The second-order valence-electron chi connectivity index (χ2n) is 4.88. The van der Waals surface area contributed by atoms with Crippen LogP contribution in [-0.2, 0) is 0 Å². The van der Waals surface area contributed by atoms with Crippen LogP contribution in [0.3, 0.4) is 0 Å². The van der Waals surface area contributed by atoms with Crippen molar-refractivity contribution in [1.82, 2.24) is 10.2 Å². The summed E-state index contributed by atoms with van der Waals surface area (Å²) in [5.74, 6) is 0.288. The fraction of sp³-hybridized carbons (Fsp3) is 0.500. The second kappa shape index (κ2) is 5.40. The number of piperidine rings is 1. The Bertz CT molecular complexity index is 445. The number of benzene rings is 1. The van der Waals surface area contributed by atoms with Crippen LogP contribution in [-0.4, -0.2) is 42.1 Å². The van der Waals surface area contributed by atoms with Crippen molar-refractivity contribution in [2.45, 2.75) is 25.8 Å². The number of aromatic hydroxyl groups is 1. The van der Waals surface area contributed by atoms with Gasteiger partial charge in [0, 0.05) is 24.7 Å². The van der Waals surface area contributed by atoms with E-state index in [1.807, 2.05) is 11.9 Å². The van der Waals surface area contributed by atoms with Crippen LogP contribution in [0.5, 0.6) is 5.75 Å². The highest BCUT2D eigenvalue weighted by molar-refractivity contribution is 5.94. The standard InChI is InChI=1S/C14H20N2O2/c1-10-8-11(5-6-13(10)17)14(18)16-7-3-4-12(9-16)15-2/h5-6,8,12,15,17H,3-4,7,9H2,1-2H3. The number of amides is 1. The van der Waals surface area contributed by atoms with E-state index in [9.17, 15) is 9.90 Å². The normalized spacial score (nSPS) is 19.9. The average Bonchev–Trinajstić information content (AvgIpc) is 2.41. The van der Waals surface area contributed by atoms with E-state index in [2.05, 4.69) is 5.32 Å². The van der Waals surface area contributed by atoms with Crippen LogP contribution in [0.15, 0.2) is 18.2 Å². The van der Waals surface area contributed by atoms with E-state index in [0.29, 0.717) is 11.6 Å². The molecule has 1 heterocycles. The number of likely N-dealkylation sites (tertiary alicyclic amines) is 1. The first-order valence-electron chi connectivity index (χ1n) is 6.38. The van der Waals surface area contributed by atoms with E-state index < -0.39 is 0 Å². The number of hydrogen-bond acceptors (Lipinski definition) is 3. The van der Waals surface area contributed by atoms with Gasteiger partial charge >= 0.3 is 0 Å². The summed E-state index contributed by atoms with van der Waals surface area (Å²) in [5.41, 5.74) is 1.39. The molecular weight excluding hydrogens is 228 g/mol. The third-order valence-electron chi connectivity index (χ3n) is 3.56. The number of phenols is 1. The molecule has 18 heavy (non-hydrogen) atoms. The minimum absolute atomic E-state index is 0.0538. The summed E-state index contributed by atoms with van der Waals surface area (Å²) in [7, 11) is 1.93. The Kier molecular flexibility index (Phi) is 3.87. The minimum atomic E-state index is 0.0538. The Morgan fingerprint density at radius 1 is 1.50 bits per heavy atom. The number of nitrogens with zero attached hydrogens (tertiary/aromatic N) is 1. The first-order chi connectivity index (χ1) is 8.61. The molecule has 1 aliphatic heterocycles. The van der Waals surface area contributed by atoms with Crippen molar-refractivity contribution >= 4 is 5.91 Å². The smallest absolute Gasteiger partial charge is 0.253 e. The summed E-state index contributed by atoms with van der Waals surface area (Å²) in [5, 5.41) is 12.7. The predicted octanol–water partition coefficient (Wildman–Crippen LogP) is 1.52. The van der Waals surface area contributed by atoms with Gasteiger partial charge in [-0.1, -0.05) is 0 Å². The predicted molar refractivity (Wildman–Crippen MR) is 70.8 cm³/mol. The molecule has 0 radical (unpaired) electrons. The number of aryl methyl sites for hydroxylation is 1. The van der Waals surface area contributed by atoms with E-state index in [0.717, 1.165) is 31.5 Å². The van der Waals surface area contributed by atoms with Crippen molar-refractivity contribution in [3.63, 3.8) is 0 Å². The molecular formula is C14H20N2O2. The summed E-state index contributed by atoms with van der Waals surface area (Å²) < 4.78 is 0. The fourth-order valence-corrected chi connectivity index (χ4v) is 2.37. The average molecular weight is 248 g/mol. The quantitative estimate of drug-likeness (QED) is 0.834. The van der Waals surface area contributed by atoms with Crippen LogP contribution in [0.2, 0.25) is 0 Å². The molecule has 0 aliphatic carbocycles. The van der Waals surface area contributed by atoms with Crippen LogP contribution >= 0.6 is 0 Å². The zero-order valence-corrected chi connectivity index (χ0v) is 10.9. The molecule has 1 aromatic rings. The van der Waals surface area contributed by atoms with Gasteiger partial charge in [-0.15, -0.1) is 0 Å². The number of carbonyl (C=O) groups excluding carboxylic acids is 1. The van der Waals surface area contributed by atoms with Crippen molar-refractivity contribution in [2.75, 3.05) is 20.1 Å². The van der Waals surface area contributed by atoms with Crippen molar-refractivity contribution in [3.05, 3.63) is 29.3 Å². The van der Waals surface area contributed by atoms with E-state index in [4.69, 9.17) is 0 Å². The first-order valence-corrected chi connectivity index (χ1v) is 6.38. The molecule has 4 nitrogen and oxygen atoms in total. The molecule has 2 rings (SSSR count). The van der Waals surface area contributed by atoms with Gasteiger partial charge in [-0.3, -0.25) is 4.79 Å². The van der Waals surface area contributed by atoms with Gasteiger partial charge in [0.05, 0.1) is 0 Å². The second-order valence-corrected chi connectivity index (χ2v) is 4.88. The summed E-state index contributed by atoms with van der Waals surface area (Å²) in [6.07, 6.45) is 2.16. The molecule has 1 fully saturated rings. The summed E-state index contributed by atoms with van der Waals surface area (Å²) in [4.78, 5) is 14.2. The molecule has 0 saturated carbocycles. The van der Waals surface area contributed by atoms with E-state index >= 15 is 0 Å². The van der Waals surface area contributed by atoms with Gasteiger partial charge in [0.1, 0.15) is 5.75 Å². The highest BCUT2D eigenvalue weighted by Gasteiger charge is 2.23. The Hall–Kier alpha value is -1.55. The molecule has 1 amide bonds. The maximum Gasteiger partial charge on any atom is 0.253 e. The van der Waals surface area contributed by atoms with Gasteiger partial charge in [0.25, 0.3) is 5.91 Å². The third kappa shape index (κ3) is 2.64. The minimum Gasteiger partial charge on any atom is -0.508 e. The van der Waals surface area contributed by atoms with Crippen molar-refractivity contribution in [2.24, 2.45) is 0 Å². The zero-order valence-electron chi connectivity index (χ0n) is 10.9. The van der Waals surface area contributed by atoms with Gasteiger partial charge < -0.3 is 15.3 Å². The van der Waals surface area contributed by atoms with Crippen molar-refractivity contribution in [1.29, 1.82) is 0 Å². The van der Waals surface area contributed by atoms with Crippen LogP contribution in [0.25, 0.3) is 0 Å². The van der Waals surface area contributed by atoms with Gasteiger partial charge in [-0.2, -0.15) is 0 Å². The lowest BCUT2D eigenvalue weighted by atomic mass is 10.0. The third-order valence-corrected chi connectivity index (χ3v) is 3.56. The SMILES string of the molecule is CNC1CCCN(C(=O)c2ccc(O)c(C)c2)C1. The molecule has 1 unspecified atom stereocenters. The van der Waals surface area contributed by atoms with E-state index in [-0.39, 0.29) is 11.7 Å². The Morgan fingerprint density at radius 3 is 2.94 bits per heavy atom. The zero-order chi connectivity index (χ0) is 13.1. The number of nitrogens with one attached hydrogen (secondary N) is 1. The lowest BCUT2D eigenvalue weighted by Gasteiger charge is -2.32. The number of phenolic OH excluding ortho intramolecular Hbond substituents is 1. The monoisotopic (exact) mass is 248 g/mol. The fourth-order valence-electron chi connectivity index (χ4n) is 2.37. The molecule has 0 bridgehead atoms. The molecule has 0 aromatic heterocycles. The molecule has 98 valence electrons. The van der Waals surface area contributed by atoms with E-state index in [1.165, 1.54) is 0 Å². The van der Waals surface area contributed by atoms with Gasteiger partial charge in [0.2, 0.25) is 0 Å². The van der Waals surface area contributed by atoms with Gasteiger partial charge in [-0.25, -0.2) is 0 Å². The van der Waals surface area contributed by atoms with Crippen LogP contribution in [0.4, 0.5) is 0 Å². The van der Waals surface area contributed by atoms with Gasteiger partial charge in [-0.05, 0) is 50.6 Å².